The Balaban J connectivity index is 2.43. The lowest BCUT2D eigenvalue weighted by atomic mass is 10.1. The van der Waals surface area contributed by atoms with Gasteiger partial charge >= 0.3 is 0 Å². The van der Waals surface area contributed by atoms with Crippen molar-refractivity contribution in [3.8, 4) is 23.1 Å². The summed E-state index contributed by atoms with van der Waals surface area (Å²) < 4.78 is 10.0. The van der Waals surface area contributed by atoms with E-state index in [4.69, 9.17) is 26.1 Å². The Hall–Kier alpha value is -1.99. The van der Waals surface area contributed by atoms with Crippen LogP contribution in [0.2, 0.25) is 5.02 Å². The average Bonchev–Trinajstić information content (AvgIpc) is 2.70. The zero-order valence-corrected chi connectivity index (χ0v) is 9.15. The van der Waals surface area contributed by atoms with Gasteiger partial charge in [0.1, 0.15) is 16.8 Å². The maximum Gasteiger partial charge on any atom is 0.202 e. The van der Waals surface area contributed by atoms with Crippen LogP contribution in [-0.4, -0.2) is 12.3 Å². The first kappa shape index (κ1) is 10.5. The lowest BCUT2D eigenvalue weighted by Gasteiger charge is -2.00. The molecule has 2 rings (SSSR count). The molecule has 1 aromatic carbocycles. The second kappa shape index (κ2) is 4.25. The highest BCUT2D eigenvalue weighted by Gasteiger charge is 2.15. The number of methoxy groups -OCH3 is 1. The van der Waals surface area contributed by atoms with E-state index in [1.807, 2.05) is 6.07 Å². The molecular weight excluding hydrogens is 228 g/mol. The van der Waals surface area contributed by atoms with Crippen molar-refractivity contribution in [2.45, 2.75) is 0 Å². The van der Waals surface area contributed by atoms with E-state index >= 15 is 0 Å². The summed E-state index contributed by atoms with van der Waals surface area (Å²) in [5.41, 5.74) is 0.840. The third-order valence-corrected chi connectivity index (χ3v) is 2.44. The van der Waals surface area contributed by atoms with E-state index < -0.39 is 0 Å². The number of hydrogen-bond donors (Lipinski definition) is 0. The Morgan fingerprint density at radius 1 is 1.38 bits per heavy atom. The Bertz CT molecular complexity index is 540. The van der Waals surface area contributed by atoms with Gasteiger partial charge in [-0.1, -0.05) is 16.8 Å². The van der Waals surface area contributed by atoms with Crippen LogP contribution in [0.25, 0.3) is 11.3 Å². The maximum atomic E-state index is 8.68. The molecule has 80 valence electrons. The predicted molar refractivity (Wildman–Crippen MR) is 58.2 cm³/mol. The summed E-state index contributed by atoms with van der Waals surface area (Å²) in [6, 6.07) is 8.97. The average molecular weight is 235 g/mol. The molecule has 0 aliphatic heterocycles. The van der Waals surface area contributed by atoms with Crippen LogP contribution in [0.4, 0.5) is 0 Å². The quantitative estimate of drug-likeness (QED) is 0.802. The van der Waals surface area contributed by atoms with E-state index in [2.05, 4.69) is 5.16 Å². The highest BCUT2D eigenvalue weighted by Crippen LogP contribution is 2.31. The number of nitriles is 1. The van der Waals surface area contributed by atoms with E-state index in [1.165, 1.54) is 0 Å². The van der Waals surface area contributed by atoms with Gasteiger partial charge in [0.2, 0.25) is 5.69 Å². The molecule has 0 aliphatic carbocycles. The second-order valence-corrected chi connectivity index (χ2v) is 3.39. The van der Waals surface area contributed by atoms with Crippen molar-refractivity contribution in [1.29, 1.82) is 5.26 Å². The molecule has 0 spiro atoms. The summed E-state index contributed by atoms with van der Waals surface area (Å²) in [5.74, 6) is 1.13. The summed E-state index contributed by atoms with van der Waals surface area (Å²) in [7, 11) is 1.59. The molecule has 2 aromatic rings. The van der Waals surface area contributed by atoms with Gasteiger partial charge < -0.3 is 9.26 Å². The SMILES string of the molecule is COc1ccc(-c2onc(C#N)c2Cl)cc1. The molecule has 0 N–H and O–H groups in total. The van der Waals surface area contributed by atoms with E-state index in [9.17, 15) is 0 Å². The van der Waals surface area contributed by atoms with Crippen LogP contribution in [0.15, 0.2) is 28.8 Å². The van der Waals surface area contributed by atoms with Gasteiger partial charge in [-0.3, -0.25) is 0 Å². The second-order valence-electron chi connectivity index (χ2n) is 3.01. The summed E-state index contributed by atoms with van der Waals surface area (Å²) in [6.45, 7) is 0. The molecule has 0 amide bonds. The van der Waals surface area contributed by atoms with Crippen LogP contribution in [-0.2, 0) is 0 Å². The molecule has 1 aromatic heterocycles. The van der Waals surface area contributed by atoms with Gasteiger partial charge in [0, 0.05) is 5.56 Å². The first-order chi connectivity index (χ1) is 7.76. The van der Waals surface area contributed by atoms with Crippen LogP contribution in [0, 0.1) is 11.3 Å². The number of hydrogen-bond acceptors (Lipinski definition) is 4. The minimum absolute atomic E-state index is 0.0903. The number of nitrogens with zero attached hydrogens (tertiary/aromatic N) is 2. The molecule has 0 unspecified atom stereocenters. The fraction of sp³-hybridized carbons (Fsp3) is 0.0909. The normalized spacial score (nSPS) is 9.81. The van der Waals surface area contributed by atoms with Gasteiger partial charge in [-0.2, -0.15) is 5.26 Å². The summed E-state index contributed by atoms with van der Waals surface area (Å²) in [4.78, 5) is 0. The zero-order chi connectivity index (χ0) is 11.5. The molecule has 0 saturated carbocycles. The summed E-state index contributed by atoms with van der Waals surface area (Å²) in [5, 5.41) is 12.5. The Morgan fingerprint density at radius 2 is 2.06 bits per heavy atom. The van der Waals surface area contributed by atoms with Crippen LogP contribution in [0.5, 0.6) is 5.75 Å². The molecule has 0 fully saturated rings. The topological polar surface area (TPSA) is 59.1 Å². The smallest absolute Gasteiger partial charge is 0.202 e. The Kier molecular flexibility index (Phi) is 2.80. The molecule has 5 heteroatoms. The largest absolute Gasteiger partial charge is 0.497 e. The standard InChI is InChI=1S/C11H7ClN2O2/c1-15-8-4-2-7(3-5-8)11-10(12)9(6-13)14-16-11/h2-5H,1H3. The summed E-state index contributed by atoms with van der Waals surface area (Å²) in [6.07, 6.45) is 0. The van der Waals surface area contributed by atoms with Gasteiger partial charge in [0.25, 0.3) is 0 Å². The molecule has 0 aliphatic rings. The number of ether oxygens (including phenoxy) is 1. The van der Waals surface area contributed by atoms with E-state index in [-0.39, 0.29) is 10.7 Å². The number of benzene rings is 1. The van der Waals surface area contributed by atoms with Gasteiger partial charge in [-0.05, 0) is 24.3 Å². The van der Waals surface area contributed by atoms with E-state index in [0.717, 1.165) is 11.3 Å². The fourth-order valence-corrected chi connectivity index (χ4v) is 1.49. The maximum absolute atomic E-state index is 8.68. The van der Waals surface area contributed by atoms with Gasteiger partial charge in [-0.25, -0.2) is 0 Å². The van der Waals surface area contributed by atoms with E-state index in [0.29, 0.717) is 5.76 Å². The van der Waals surface area contributed by atoms with Crippen LogP contribution in [0.3, 0.4) is 0 Å². The predicted octanol–water partition coefficient (Wildman–Crippen LogP) is 2.88. The van der Waals surface area contributed by atoms with Crippen molar-refractivity contribution in [2.24, 2.45) is 0 Å². The van der Waals surface area contributed by atoms with Crippen molar-refractivity contribution in [3.63, 3.8) is 0 Å². The molecule has 16 heavy (non-hydrogen) atoms. The van der Waals surface area contributed by atoms with Gasteiger partial charge in [0.05, 0.1) is 7.11 Å². The Labute approximate surface area is 97.0 Å². The number of halogens is 1. The van der Waals surface area contributed by atoms with Crippen molar-refractivity contribution in [2.75, 3.05) is 7.11 Å². The van der Waals surface area contributed by atoms with Gasteiger partial charge in [-0.15, -0.1) is 0 Å². The molecule has 0 radical (unpaired) electrons. The van der Waals surface area contributed by atoms with Gasteiger partial charge in [0.15, 0.2) is 5.76 Å². The lowest BCUT2D eigenvalue weighted by Crippen LogP contribution is -1.82. The number of aromatic nitrogens is 1. The van der Waals surface area contributed by atoms with Crippen molar-refractivity contribution in [1.82, 2.24) is 5.16 Å². The van der Waals surface area contributed by atoms with Crippen LogP contribution < -0.4 is 4.74 Å². The fourth-order valence-electron chi connectivity index (χ4n) is 1.27. The Morgan fingerprint density at radius 3 is 2.56 bits per heavy atom. The molecule has 0 atom stereocenters. The van der Waals surface area contributed by atoms with Crippen molar-refractivity contribution < 1.29 is 9.26 Å². The molecule has 0 bridgehead atoms. The first-order valence-electron chi connectivity index (χ1n) is 4.46. The van der Waals surface area contributed by atoms with Crippen molar-refractivity contribution in [3.05, 3.63) is 35.0 Å². The molecule has 4 nitrogen and oxygen atoms in total. The highest BCUT2D eigenvalue weighted by atomic mass is 35.5. The van der Waals surface area contributed by atoms with Crippen molar-refractivity contribution >= 4 is 11.6 Å². The minimum Gasteiger partial charge on any atom is -0.497 e. The van der Waals surface area contributed by atoms with Crippen LogP contribution in [0.1, 0.15) is 5.69 Å². The third kappa shape index (κ3) is 1.73. The number of rotatable bonds is 2. The molecule has 1 heterocycles. The molecular formula is C11H7ClN2O2. The highest BCUT2D eigenvalue weighted by molar-refractivity contribution is 6.33. The lowest BCUT2D eigenvalue weighted by molar-refractivity contribution is 0.414. The third-order valence-electron chi connectivity index (χ3n) is 2.09. The summed E-state index contributed by atoms with van der Waals surface area (Å²) >= 11 is 5.92. The monoisotopic (exact) mass is 234 g/mol. The van der Waals surface area contributed by atoms with E-state index in [1.54, 1.807) is 31.4 Å². The molecule has 0 saturated heterocycles. The zero-order valence-electron chi connectivity index (χ0n) is 8.40. The first-order valence-corrected chi connectivity index (χ1v) is 4.83. The minimum atomic E-state index is 0.0903. The van der Waals surface area contributed by atoms with Crippen LogP contribution >= 0.6 is 11.6 Å².